The van der Waals surface area contributed by atoms with Gasteiger partial charge in [-0.25, -0.2) is 0 Å². The monoisotopic (exact) mass is 236 g/mol. The summed E-state index contributed by atoms with van der Waals surface area (Å²) in [6.07, 6.45) is 3.67. The molecule has 2 N–H and O–H groups in total. The Hall–Kier alpha value is -0.870. The quantitative estimate of drug-likeness (QED) is 0.827. The van der Waals surface area contributed by atoms with Crippen molar-refractivity contribution in [2.45, 2.75) is 33.1 Å². The second-order valence-electron chi connectivity index (χ2n) is 4.96. The van der Waals surface area contributed by atoms with E-state index in [4.69, 9.17) is 0 Å². The highest BCUT2D eigenvalue weighted by atomic mass is 15.1. The van der Waals surface area contributed by atoms with E-state index in [1.165, 1.54) is 56.0 Å². The molecule has 4 heteroatoms. The summed E-state index contributed by atoms with van der Waals surface area (Å²) in [5, 5.41) is 10.8. The molecule has 0 aromatic carbocycles. The minimum Gasteiger partial charge on any atom is -0.315 e. The zero-order chi connectivity index (χ0) is 12.1. The standard InChI is InChI=1S/C13H24N4/c1-11-13(12(2)16-15-11)5-3-8-17-9-4-6-14-7-10-17/h14H,3-10H2,1-2H3,(H,15,16). The summed E-state index contributed by atoms with van der Waals surface area (Å²) in [6, 6.07) is 0. The van der Waals surface area contributed by atoms with Gasteiger partial charge in [0.05, 0.1) is 5.69 Å². The molecule has 96 valence electrons. The van der Waals surface area contributed by atoms with Gasteiger partial charge in [-0.15, -0.1) is 0 Å². The minimum atomic E-state index is 1.14. The topological polar surface area (TPSA) is 44.0 Å². The van der Waals surface area contributed by atoms with Gasteiger partial charge in [-0.3, -0.25) is 5.10 Å². The largest absolute Gasteiger partial charge is 0.315 e. The average molecular weight is 236 g/mol. The van der Waals surface area contributed by atoms with Crippen LogP contribution in [0.1, 0.15) is 29.8 Å². The molecule has 1 fully saturated rings. The van der Waals surface area contributed by atoms with Gasteiger partial charge < -0.3 is 10.2 Å². The molecular weight excluding hydrogens is 212 g/mol. The molecule has 1 aliphatic heterocycles. The summed E-state index contributed by atoms with van der Waals surface area (Å²) >= 11 is 0. The SMILES string of the molecule is Cc1n[nH]c(C)c1CCCN1CCCNCC1. The van der Waals surface area contributed by atoms with Crippen molar-refractivity contribution in [2.24, 2.45) is 0 Å². The third-order valence-electron chi connectivity index (χ3n) is 3.61. The zero-order valence-corrected chi connectivity index (χ0v) is 11.1. The van der Waals surface area contributed by atoms with E-state index in [1.54, 1.807) is 0 Å². The fourth-order valence-electron chi connectivity index (χ4n) is 2.55. The Morgan fingerprint density at radius 2 is 2.12 bits per heavy atom. The Kier molecular flexibility index (Phi) is 4.57. The van der Waals surface area contributed by atoms with Crippen molar-refractivity contribution in [1.29, 1.82) is 0 Å². The number of H-pyrrole nitrogens is 1. The number of hydrogen-bond donors (Lipinski definition) is 2. The molecule has 0 aliphatic carbocycles. The van der Waals surface area contributed by atoms with Crippen LogP contribution in [0.25, 0.3) is 0 Å². The maximum atomic E-state index is 4.25. The molecule has 0 bridgehead atoms. The first kappa shape index (κ1) is 12.6. The zero-order valence-electron chi connectivity index (χ0n) is 11.1. The number of aromatic nitrogens is 2. The predicted octanol–water partition coefficient (Wildman–Crippen LogP) is 1.25. The third-order valence-corrected chi connectivity index (χ3v) is 3.61. The number of nitrogens with zero attached hydrogens (tertiary/aromatic N) is 2. The van der Waals surface area contributed by atoms with Crippen LogP contribution >= 0.6 is 0 Å². The average Bonchev–Trinajstić information content (AvgIpc) is 2.57. The highest BCUT2D eigenvalue weighted by Crippen LogP contribution is 2.12. The van der Waals surface area contributed by atoms with E-state index in [-0.39, 0.29) is 0 Å². The van der Waals surface area contributed by atoms with Gasteiger partial charge in [-0.05, 0) is 58.3 Å². The Labute approximate surface area is 104 Å². The van der Waals surface area contributed by atoms with Gasteiger partial charge in [-0.1, -0.05) is 0 Å². The summed E-state index contributed by atoms with van der Waals surface area (Å²) < 4.78 is 0. The minimum absolute atomic E-state index is 1.14. The predicted molar refractivity (Wildman–Crippen MR) is 70.3 cm³/mol. The number of hydrogen-bond acceptors (Lipinski definition) is 3. The molecule has 0 saturated carbocycles. The summed E-state index contributed by atoms with van der Waals surface area (Å²) in [5.41, 5.74) is 3.82. The summed E-state index contributed by atoms with van der Waals surface area (Å²) in [4.78, 5) is 2.57. The molecule has 0 atom stereocenters. The van der Waals surface area contributed by atoms with Crippen molar-refractivity contribution in [2.75, 3.05) is 32.7 Å². The van der Waals surface area contributed by atoms with Gasteiger partial charge in [0, 0.05) is 18.8 Å². The summed E-state index contributed by atoms with van der Waals surface area (Å²) in [5.74, 6) is 0. The van der Waals surface area contributed by atoms with Crippen LogP contribution in [0.15, 0.2) is 0 Å². The number of aromatic amines is 1. The van der Waals surface area contributed by atoms with Crippen molar-refractivity contribution < 1.29 is 0 Å². The molecule has 0 unspecified atom stereocenters. The van der Waals surface area contributed by atoms with Crippen molar-refractivity contribution in [3.8, 4) is 0 Å². The maximum absolute atomic E-state index is 4.25. The second kappa shape index (κ2) is 6.17. The molecule has 4 nitrogen and oxygen atoms in total. The molecule has 0 radical (unpaired) electrons. The lowest BCUT2D eigenvalue weighted by Gasteiger charge is -2.19. The van der Waals surface area contributed by atoms with Gasteiger partial charge in [0.15, 0.2) is 0 Å². The first-order valence-corrected chi connectivity index (χ1v) is 6.71. The lowest BCUT2D eigenvalue weighted by molar-refractivity contribution is 0.289. The van der Waals surface area contributed by atoms with Crippen LogP contribution in [0.2, 0.25) is 0 Å². The van der Waals surface area contributed by atoms with Crippen molar-refractivity contribution in [1.82, 2.24) is 20.4 Å². The lowest BCUT2D eigenvalue weighted by atomic mass is 10.1. The van der Waals surface area contributed by atoms with Crippen LogP contribution < -0.4 is 5.32 Å². The van der Waals surface area contributed by atoms with Gasteiger partial charge in [0.25, 0.3) is 0 Å². The highest BCUT2D eigenvalue weighted by molar-refractivity contribution is 5.23. The fourth-order valence-corrected chi connectivity index (χ4v) is 2.55. The Balaban J connectivity index is 1.75. The van der Waals surface area contributed by atoms with Crippen LogP contribution in [-0.4, -0.2) is 47.8 Å². The Morgan fingerprint density at radius 3 is 2.88 bits per heavy atom. The maximum Gasteiger partial charge on any atom is 0.0625 e. The molecule has 2 heterocycles. The van der Waals surface area contributed by atoms with Gasteiger partial charge >= 0.3 is 0 Å². The van der Waals surface area contributed by atoms with Crippen LogP contribution in [0.4, 0.5) is 0 Å². The van der Waals surface area contributed by atoms with E-state index in [0.29, 0.717) is 0 Å². The highest BCUT2D eigenvalue weighted by Gasteiger charge is 2.10. The van der Waals surface area contributed by atoms with E-state index in [2.05, 4.69) is 34.3 Å². The normalized spacial score (nSPS) is 18.2. The summed E-state index contributed by atoms with van der Waals surface area (Å²) in [7, 11) is 0. The molecule has 2 rings (SSSR count). The Morgan fingerprint density at radius 1 is 1.24 bits per heavy atom. The molecule has 0 spiro atoms. The number of nitrogens with one attached hydrogen (secondary N) is 2. The van der Waals surface area contributed by atoms with Gasteiger partial charge in [0.1, 0.15) is 0 Å². The van der Waals surface area contributed by atoms with Crippen LogP contribution in [0.5, 0.6) is 0 Å². The smallest absolute Gasteiger partial charge is 0.0625 e. The molecule has 17 heavy (non-hydrogen) atoms. The molecule has 1 saturated heterocycles. The van der Waals surface area contributed by atoms with E-state index in [0.717, 1.165) is 13.0 Å². The summed E-state index contributed by atoms with van der Waals surface area (Å²) in [6.45, 7) is 10.2. The number of aryl methyl sites for hydroxylation is 2. The van der Waals surface area contributed by atoms with Gasteiger partial charge in [0.2, 0.25) is 0 Å². The van der Waals surface area contributed by atoms with E-state index >= 15 is 0 Å². The second-order valence-corrected chi connectivity index (χ2v) is 4.96. The van der Waals surface area contributed by atoms with Crippen molar-refractivity contribution >= 4 is 0 Å². The van der Waals surface area contributed by atoms with E-state index in [1.807, 2.05) is 0 Å². The van der Waals surface area contributed by atoms with Crippen LogP contribution in [0, 0.1) is 13.8 Å². The van der Waals surface area contributed by atoms with Gasteiger partial charge in [-0.2, -0.15) is 5.10 Å². The molecule has 1 aromatic rings. The lowest BCUT2D eigenvalue weighted by Crippen LogP contribution is -2.29. The molecule has 1 aromatic heterocycles. The van der Waals surface area contributed by atoms with Crippen molar-refractivity contribution in [3.63, 3.8) is 0 Å². The molecule has 0 amide bonds. The first-order valence-electron chi connectivity index (χ1n) is 6.71. The fraction of sp³-hybridized carbons (Fsp3) is 0.769. The molecular formula is C13H24N4. The first-order chi connectivity index (χ1) is 8.27. The molecule has 1 aliphatic rings. The van der Waals surface area contributed by atoms with E-state index in [9.17, 15) is 0 Å². The van der Waals surface area contributed by atoms with Crippen LogP contribution in [-0.2, 0) is 6.42 Å². The van der Waals surface area contributed by atoms with Crippen LogP contribution in [0.3, 0.4) is 0 Å². The van der Waals surface area contributed by atoms with E-state index < -0.39 is 0 Å². The Bertz CT molecular complexity index is 318. The van der Waals surface area contributed by atoms with Crippen molar-refractivity contribution in [3.05, 3.63) is 17.0 Å². The number of rotatable bonds is 4. The third kappa shape index (κ3) is 3.54.